The number of ether oxygens (including phenoxy) is 2. The van der Waals surface area contributed by atoms with Crippen molar-refractivity contribution in [3.8, 4) is 0 Å². The van der Waals surface area contributed by atoms with Crippen LogP contribution in [0.15, 0.2) is 35.3 Å². The molecular weight excluding hydrogens is 300 g/mol. The van der Waals surface area contributed by atoms with E-state index in [-0.39, 0.29) is 18.6 Å². The molecule has 2 aliphatic rings. The van der Waals surface area contributed by atoms with E-state index in [4.69, 9.17) is 14.6 Å². The molecule has 0 aromatic carbocycles. The molecule has 0 saturated carbocycles. The van der Waals surface area contributed by atoms with Crippen molar-refractivity contribution >= 4 is 17.5 Å². The molecule has 0 radical (unpaired) electrons. The van der Waals surface area contributed by atoms with E-state index in [9.17, 15) is 14.4 Å². The van der Waals surface area contributed by atoms with Gasteiger partial charge in [0.25, 0.3) is 0 Å². The summed E-state index contributed by atoms with van der Waals surface area (Å²) in [5.41, 5.74) is -1.17. The maximum absolute atomic E-state index is 12.6. The number of Topliss-reactive ketones (excluding diaryl/α,β-unsaturated/α-hetero) is 1. The van der Waals surface area contributed by atoms with Gasteiger partial charge >= 0.3 is 5.97 Å². The Hall–Kier alpha value is -2.21. The Morgan fingerprint density at radius 3 is 2.74 bits per heavy atom. The largest absolute Gasteiger partial charge is 0.469 e. The highest BCUT2D eigenvalue weighted by Gasteiger charge is 2.49. The smallest absolute Gasteiger partial charge is 0.307 e. The lowest BCUT2D eigenvalue weighted by atomic mass is 9.80. The minimum atomic E-state index is -1.83. The molecule has 124 valence electrons. The lowest BCUT2D eigenvalue weighted by Gasteiger charge is -2.31. The molecule has 2 rings (SSSR count). The van der Waals surface area contributed by atoms with Crippen LogP contribution in [-0.4, -0.2) is 34.9 Å². The highest BCUT2D eigenvalue weighted by Crippen LogP contribution is 2.34. The van der Waals surface area contributed by atoms with Gasteiger partial charge in [-0.2, -0.15) is 0 Å². The summed E-state index contributed by atoms with van der Waals surface area (Å²) in [5.74, 6) is -1.15. The average molecular weight is 320 g/mol. The van der Waals surface area contributed by atoms with Crippen LogP contribution in [0.2, 0.25) is 0 Å². The number of carbonyl (C=O) groups is 3. The van der Waals surface area contributed by atoms with Gasteiger partial charge in [0.1, 0.15) is 12.0 Å². The van der Waals surface area contributed by atoms with Gasteiger partial charge in [-0.05, 0) is 37.5 Å². The Balaban J connectivity index is 2.26. The topological polar surface area (TPSA) is 89.9 Å². The third-order valence-corrected chi connectivity index (χ3v) is 3.74. The van der Waals surface area contributed by atoms with E-state index >= 15 is 0 Å². The van der Waals surface area contributed by atoms with Gasteiger partial charge in [0.05, 0.1) is 5.57 Å². The van der Waals surface area contributed by atoms with Crippen molar-refractivity contribution in [2.75, 3.05) is 6.61 Å². The molecule has 0 spiro atoms. The van der Waals surface area contributed by atoms with E-state index in [1.165, 1.54) is 19.3 Å². The summed E-state index contributed by atoms with van der Waals surface area (Å²) in [6.45, 7) is 3.15. The quantitative estimate of drug-likeness (QED) is 0.592. The molecule has 6 nitrogen and oxygen atoms in total. The van der Waals surface area contributed by atoms with E-state index in [1.807, 2.05) is 6.92 Å². The van der Waals surface area contributed by atoms with E-state index in [0.29, 0.717) is 30.6 Å². The number of aliphatic hydroxyl groups excluding tert-OH is 1. The highest BCUT2D eigenvalue weighted by atomic mass is 16.6. The minimum absolute atomic E-state index is 0.0274. The number of carbonyl (C=O) groups excluding carboxylic acids is 3. The zero-order valence-electron chi connectivity index (χ0n) is 13.3. The van der Waals surface area contributed by atoms with Crippen LogP contribution in [0.1, 0.15) is 39.5 Å². The summed E-state index contributed by atoms with van der Waals surface area (Å²) in [7, 11) is 0. The average Bonchev–Trinajstić information content (AvgIpc) is 2.51. The second-order valence-electron chi connectivity index (χ2n) is 5.64. The first-order valence-corrected chi connectivity index (χ1v) is 7.63. The summed E-state index contributed by atoms with van der Waals surface area (Å²) in [5, 5.41) is 8.84. The fourth-order valence-corrected chi connectivity index (χ4v) is 2.40. The van der Waals surface area contributed by atoms with Crippen LogP contribution in [0.4, 0.5) is 0 Å². The van der Waals surface area contributed by atoms with Crippen LogP contribution in [0, 0.1) is 0 Å². The van der Waals surface area contributed by atoms with Crippen LogP contribution in [0.5, 0.6) is 0 Å². The molecule has 0 saturated heterocycles. The Morgan fingerprint density at radius 1 is 1.35 bits per heavy atom. The summed E-state index contributed by atoms with van der Waals surface area (Å²) >= 11 is 0. The lowest BCUT2D eigenvalue weighted by Crippen LogP contribution is -2.50. The Bertz CT molecular complexity index is 625. The van der Waals surface area contributed by atoms with E-state index in [0.717, 1.165) is 0 Å². The number of hydrogen-bond donors (Lipinski definition) is 1. The molecule has 23 heavy (non-hydrogen) atoms. The van der Waals surface area contributed by atoms with Gasteiger partial charge in [-0.1, -0.05) is 6.92 Å². The summed E-state index contributed by atoms with van der Waals surface area (Å²) < 4.78 is 10.5. The molecule has 1 unspecified atom stereocenters. The van der Waals surface area contributed by atoms with Gasteiger partial charge in [-0.3, -0.25) is 14.4 Å². The van der Waals surface area contributed by atoms with Crippen molar-refractivity contribution < 1.29 is 29.0 Å². The third-order valence-electron chi connectivity index (χ3n) is 3.74. The predicted molar refractivity (Wildman–Crippen MR) is 81.1 cm³/mol. The van der Waals surface area contributed by atoms with Crippen molar-refractivity contribution in [1.29, 1.82) is 0 Å². The number of ketones is 2. The predicted octanol–water partition coefficient (Wildman–Crippen LogP) is 1.74. The molecule has 0 amide bonds. The van der Waals surface area contributed by atoms with E-state index in [1.54, 1.807) is 6.08 Å². The second kappa shape index (κ2) is 6.91. The molecule has 1 atom stereocenters. The normalized spacial score (nSPS) is 23.3. The summed E-state index contributed by atoms with van der Waals surface area (Å²) in [6.07, 6.45) is 5.93. The highest BCUT2D eigenvalue weighted by molar-refractivity contribution is 6.26. The molecule has 0 fully saturated rings. The Morgan fingerprint density at radius 2 is 2.09 bits per heavy atom. The molecule has 0 aromatic rings. The fraction of sp³-hybridized carbons (Fsp3) is 0.471. The summed E-state index contributed by atoms with van der Waals surface area (Å²) in [4.78, 5) is 36.6. The standard InChI is InChI=1S/C17H20O6/c1-3-5-15(20)23-17(2)14(19)9-11-8-12(6-4-7-18)22-10-13(11)16(17)21/h8-10,18H,3-7H2,1-2H3. The van der Waals surface area contributed by atoms with Crippen LogP contribution < -0.4 is 0 Å². The zero-order chi connectivity index (χ0) is 17.0. The molecular formula is C17H20O6. The van der Waals surface area contributed by atoms with Crippen LogP contribution >= 0.6 is 0 Å². The molecule has 1 N–H and O–H groups in total. The van der Waals surface area contributed by atoms with Gasteiger partial charge in [0.15, 0.2) is 0 Å². The molecule has 1 heterocycles. The van der Waals surface area contributed by atoms with E-state index in [2.05, 4.69) is 0 Å². The van der Waals surface area contributed by atoms with Crippen molar-refractivity contribution in [3.05, 3.63) is 35.3 Å². The van der Waals surface area contributed by atoms with Gasteiger partial charge in [-0.25, -0.2) is 0 Å². The van der Waals surface area contributed by atoms with Crippen molar-refractivity contribution in [2.45, 2.75) is 45.1 Å². The second-order valence-corrected chi connectivity index (χ2v) is 5.64. The first-order chi connectivity index (χ1) is 10.9. The van der Waals surface area contributed by atoms with Gasteiger partial charge in [0.2, 0.25) is 17.2 Å². The zero-order valence-corrected chi connectivity index (χ0v) is 13.3. The van der Waals surface area contributed by atoms with Crippen molar-refractivity contribution in [3.63, 3.8) is 0 Å². The number of hydrogen-bond acceptors (Lipinski definition) is 6. The molecule has 6 heteroatoms. The van der Waals surface area contributed by atoms with E-state index < -0.39 is 23.1 Å². The van der Waals surface area contributed by atoms with Gasteiger partial charge in [0, 0.05) is 19.4 Å². The Kier molecular flexibility index (Phi) is 5.15. The SMILES string of the molecule is CCCC(=O)OC1(C)C(=O)C=C2C=C(CCCO)OC=C2C1=O. The maximum atomic E-state index is 12.6. The first-order valence-electron chi connectivity index (χ1n) is 7.63. The fourth-order valence-electron chi connectivity index (χ4n) is 2.40. The number of allylic oxidation sites excluding steroid dienone is 3. The molecule has 1 aliphatic carbocycles. The van der Waals surface area contributed by atoms with Crippen molar-refractivity contribution in [1.82, 2.24) is 0 Å². The third kappa shape index (κ3) is 3.42. The Labute approximate surface area is 134 Å². The number of esters is 1. The van der Waals surface area contributed by atoms with Crippen LogP contribution in [-0.2, 0) is 23.9 Å². The minimum Gasteiger partial charge on any atom is -0.469 e. The number of aliphatic hydroxyl groups is 1. The van der Waals surface area contributed by atoms with Gasteiger partial charge in [-0.15, -0.1) is 0 Å². The van der Waals surface area contributed by atoms with Gasteiger partial charge < -0.3 is 14.6 Å². The first kappa shape index (κ1) is 17.1. The lowest BCUT2D eigenvalue weighted by molar-refractivity contribution is -0.168. The summed E-state index contributed by atoms with van der Waals surface area (Å²) in [6, 6.07) is 0. The molecule has 0 aromatic heterocycles. The number of fused-ring (bicyclic) bond motifs is 1. The van der Waals surface area contributed by atoms with Crippen LogP contribution in [0.25, 0.3) is 0 Å². The van der Waals surface area contributed by atoms with Crippen molar-refractivity contribution in [2.24, 2.45) is 0 Å². The molecule has 0 bridgehead atoms. The molecule has 1 aliphatic heterocycles. The number of rotatable bonds is 6. The maximum Gasteiger partial charge on any atom is 0.307 e. The monoisotopic (exact) mass is 320 g/mol. The van der Waals surface area contributed by atoms with Crippen LogP contribution in [0.3, 0.4) is 0 Å².